The molecule has 1 amide bonds. The maximum Gasteiger partial charge on any atom is 0.255 e. The molecule has 0 spiro atoms. The number of carbonyl (C=O) groups excluding carboxylic acids is 1. The van der Waals surface area contributed by atoms with E-state index in [1.54, 1.807) is 0 Å². The van der Waals surface area contributed by atoms with E-state index in [-0.39, 0.29) is 11.3 Å². The molecule has 0 aliphatic heterocycles. The molecule has 0 bridgehead atoms. The van der Waals surface area contributed by atoms with Gasteiger partial charge < -0.3 is 11.1 Å². The van der Waals surface area contributed by atoms with Crippen LogP contribution in [0.2, 0.25) is 0 Å². The van der Waals surface area contributed by atoms with Gasteiger partial charge >= 0.3 is 0 Å². The van der Waals surface area contributed by atoms with Crippen molar-refractivity contribution in [1.29, 1.82) is 0 Å². The second-order valence-electron chi connectivity index (χ2n) is 5.93. The van der Waals surface area contributed by atoms with Crippen LogP contribution in [0.4, 0.5) is 5.69 Å². The van der Waals surface area contributed by atoms with E-state index in [4.69, 9.17) is 5.73 Å². The van der Waals surface area contributed by atoms with E-state index >= 15 is 0 Å². The Kier molecular flexibility index (Phi) is 4.43. The lowest BCUT2D eigenvalue weighted by molar-refractivity contribution is 0.102. The zero-order chi connectivity index (χ0) is 15.5. The number of nitrogens with one attached hydrogen (secondary N) is 1. The van der Waals surface area contributed by atoms with E-state index in [0.717, 1.165) is 11.3 Å². The standard InChI is InChI=1S/C18H22N2O/c1-13-6-4-5-7-16(13)17(21)20-15-10-8-14(9-11-15)18(2,3)12-19/h4-11H,12,19H2,1-3H3,(H,20,21). The third-order valence-corrected chi connectivity index (χ3v) is 3.82. The van der Waals surface area contributed by atoms with Crippen molar-refractivity contribution in [3.8, 4) is 0 Å². The van der Waals surface area contributed by atoms with Crippen LogP contribution >= 0.6 is 0 Å². The Bertz CT molecular complexity index is 630. The molecule has 0 saturated carbocycles. The third kappa shape index (κ3) is 3.50. The maximum absolute atomic E-state index is 12.2. The van der Waals surface area contributed by atoms with Gasteiger partial charge in [-0.3, -0.25) is 4.79 Å². The molecule has 0 aromatic heterocycles. The molecule has 2 aromatic rings. The fourth-order valence-electron chi connectivity index (χ4n) is 2.15. The number of anilines is 1. The molecule has 3 heteroatoms. The van der Waals surface area contributed by atoms with Gasteiger partial charge in [-0.2, -0.15) is 0 Å². The van der Waals surface area contributed by atoms with Crippen LogP contribution in [0.3, 0.4) is 0 Å². The van der Waals surface area contributed by atoms with Crippen LogP contribution in [0.15, 0.2) is 48.5 Å². The second kappa shape index (κ2) is 6.10. The van der Waals surface area contributed by atoms with Crippen LogP contribution in [0.25, 0.3) is 0 Å². The van der Waals surface area contributed by atoms with E-state index in [1.165, 1.54) is 5.56 Å². The van der Waals surface area contributed by atoms with E-state index in [1.807, 2.05) is 55.5 Å². The summed E-state index contributed by atoms with van der Waals surface area (Å²) in [6, 6.07) is 15.4. The summed E-state index contributed by atoms with van der Waals surface area (Å²) in [4.78, 5) is 12.2. The number of benzene rings is 2. The van der Waals surface area contributed by atoms with Crippen molar-refractivity contribution in [2.45, 2.75) is 26.2 Å². The molecule has 0 saturated heterocycles. The number of amides is 1. The van der Waals surface area contributed by atoms with Crippen molar-refractivity contribution in [2.75, 3.05) is 11.9 Å². The highest BCUT2D eigenvalue weighted by Gasteiger charge is 2.18. The van der Waals surface area contributed by atoms with Crippen LogP contribution in [-0.2, 0) is 5.41 Å². The highest BCUT2D eigenvalue weighted by Crippen LogP contribution is 2.23. The first kappa shape index (κ1) is 15.3. The molecule has 0 heterocycles. The summed E-state index contributed by atoms with van der Waals surface area (Å²) < 4.78 is 0. The topological polar surface area (TPSA) is 55.1 Å². The van der Waals surface area contributed by atoms with Crippen molar-refractivity contribution < 1.29 is 4.79 Å². The first-order chi connectivity index (χ1) is 9.94. The Morgan fingerprint density at radius 3 is 2.29 bits per heavy atom. The smallest absolute Gasteiger partial charge is 0.255 e. The lowest BCUT2D eigenvalue weighted by Crippen LogP contribution is -2.28. The molecule has 0 radical (unpaired) electrons. The van der Waals surface area contributed by atoms with Gasteiger partial charge in [-0.25, -0.2) is 0 Å². The predicted molar refractivity (Wildman–Crippen MR) is 87.7 cm³/mol. The number of hydrogen-bond donors (Lipinski definition) is 2. The van der Waals surface area contributed by atoms with E-state index in [9.17, 15) is 4.79 Å². The SMILES string of the molecule is Cc1ccccc1C(=O)Nc1ccc(C(C)(C)CN)cc1. The summed E-state index contributed by atoms with van der Waals surface area (Å²) in [6.45, 7) is 6.73. The molecule has 3 N–H and O–H groups in total. The quantitative estimate of drug-likeness (QED) is 0.902. The van der Waals surface area contributed by atoms with Gasteiger partial charge in [0.2, 0.25) is 0 Å². The van der Waals surface area contributed by atoms with E-state index in [2.05, 4.69) is 19.2 Å². The maximum atomic E-state index is 12.2. The fraction of sp³-hybridized carbons (Fsp3) is 0.278. The van der Waals surface area contributed by atoms with Gasteiger partial charge in [-0.1, -0.05) is 44.2 Å². The van der Waals surface area contributed by atoms with Gasteiger partial charge in [-0.15, -0.1) is 0 Å². The molecule has 110 valence electrons. The number of nitrogens with two attached hydrogens (primary N) is 1. The lowest BCUT2D eigenvalue weighted by Gasteiger charge is -2.23. The highest BCUT2D eigenvalue weighted by molar-refractivity contribution is 6.05. The van der Waals surface area contributed by atoms with Crippen molar-refractivity contribution in [3.63, 3.8) is 0 Å². The van der Waals surface area contributed by atoms with Crippen LogP contribution < -0.4 is 11.1 Å². The average molecular weight is 282 g/mol. The average Bonchev–Trinajstić information content (AvgIpc) is 2.48. The van der Waals surface area contributed by atoms with E-state index < -0.39 is 0 Å². The molecule has 2 aromatic carbocycles. The zero-order valence-corrected chi connectivity index (χ0v) is 12.8. The summed E-state index contributed by atoms with van der Waals surface area (Å²) in [5.41, 5.74) is 9.35. The van der Waals surface area contributed by atoms with Gasteiger partial charge in [-0.05, 0) is 36.2 Å². The van der Waals surface area contributed by atoms with Crippen LogP contribution in [0.1, 0.15) is 35.3 Å². The third-order valence-electron chi connectivity index (χ3n) is 3.82. The summed E-state index contributed by atoms with van der Waals surface area (Å²) in [5.74, 6) is -0.0843. The summed E-state index contributed by atoms with van der Waals surface area (Å²) in [7, 11) is 0. The first-order valence-corrected chi connectivity index (χ1v) is 7.11. The van der Waals surface area contributed by atoms with Crippen LogP contribution in [-0.4, -0.2) is 12.5 Å². The van der Waals surface area contributed by atoms with Gasteiger partial charge in [0.1, 0.15) is 0 Å². The molecule has 0 aliphatic rings. The minimum absolute atomic E-state index is 0.0570. The Morgan fingerprint density at radius 2 is 1.71 bits per heavy atom. The second-order valence-corrected chi connectivity index (χ2v) is 5.93. The Balaban J connectivity index is 2.14. The van der Waals surface area contributed by atoms with Crippen LogP contribution in [0.5, 0.6) is 0 Å². The number of hydrogen-bond acceptors (Lipinski definition) is 2. The van der Waals surface area contributed by atoms with Gasteiger partial charge in [0.05, 0.1) is 0 Å². The molecule has 0 atom stereocenters. The minimum atomic E-state index is -0.0843. The Labute approximate surface area is 126 Å². The van der Waals surface area contributed by atoms with Gasteiger partial charge in [0, 0.05) is 23.2 Å². The van der Waals surface area contributed by atoms with Crippen molar-refractivity contribution in [3.05, 3.63) is 65.2 Å². The number of carbonyl (C=O) groups is 1. The largest absolute Gasteiger partial charge is 0.330 e. The zero-order valence-electron chi connectivity index (χ0n) is 12.8. The molecular weight excluding hydrogens is 260 g/mol. The molecule has 2 rings (SSSR count). The van der Waals surface area contributed by atoms with Crippen molar-refractivity contribution in [2.24, 2.45) is 5.73 Å². The van der Waals surface area contributed by atoms with Gasteiger partial charge in [0.25, 0.3) is 5.91 Å². The van der Waals surface area contributed by atoms with Crippen LogP contribution in [0, 0.1) is 6.92 Å². The van der Waals surface area contributed by atoms with Crippen molar-refractivity contribution in [1.82, 2.24) is 0 Å². The Hall–Kier alpha value is -2.13. The summed E-state index contributed by atoms with van der Waals surface area (Å²) in [6.07, 6.45) is 0. The summed E-state index contributed by atoms with van der Waals surface area (Å²) in [5, 5.41) is 2.93. The fourth-order valence-corrected chi connectivity index (χ4v) is 2.15. The number of rotatable bonds is 4. The normalized spacial score (nSPS) is 11.2. The monoisotopic (exact) mass is 282 g/mol. The lowest BCUT2D eigenvalue weighted by atomic mass is 9.85. The highest BCUT2D eigenvalue weighted by atomic mass is 16.1. The molecule has 0 aliphatic carbocycles. The van der Waals surface area contributed by atoms with E-state index in [0.29, 0.717) is 12.1 Å². The Morgan fingerprint density at radius 1 is 1.10 bits per heavy atom. The first-order valence-electron chi connectivity index (χ1n) is 7.11. The number of aryl methyl sites for hydroxylation is 1. The minimum Gasteiger partial charge on any atom is -0.330 e. The molecule has 21 heavy (non-hydrogen) atoms. The molecule has 3 nitrogen and oxygen atoms in total. The predicted octanol–water partition coefficient (Wildman–Crippen LogP) is 3.48. The molecule has 0 fully saturated rings. The molecular formula is C18H22N2O. The van der Waals surface area contributed by atoms with Crippen molar-refractivity contribution >= 4 is 11.6 Å². The molecule has 0 unspecified atom stereocenters. The summed E-state index contributed by atoms with van der Waals surface area (Å²) >= 11 is 0. The van der Waals surface area contributed by atoms with Gasteiger partial charge in [0.15, 0.2) is 0 Å².